The number of amides is 1. The zero-order chi connectivity index (χ0) is 17.2. The number of carbonyl (C=O) groups is 1. The molecule has 0 bridgehead atoms. The third kappa shape index (κ3) is 3.63. The van der Waals surface area contributed by atoms with Gasteiger partial charge in [0, 0.05) is 26.2 Å². The zero-order valence-corrected chi connectivity index (χ0v) is 14.8. The number of ether oxygens (including phenoxy) is 1. The molecule has 1 aromatic rings. The van der Waals surface area contributed by atoms with Gasteiger partial charge >= 0.3 is 0 Å². The van der Waals surface area contributed by atoms with E-state index in [0.717, 1.165) is 12.0 Å². The van der Waals surface area contributed by atoms with E-state index in [1.165, 1.54) is 4.31 Å². The summed E-state index contributed by atoms with van der Waals surface area (Å²) < 4.78 is 32.4. The molecule has 7 heteroatoms. The number of benzene rings is 1. The third-order valence-corrected chi connectivity index (χ3v) is 6.59. The SMILES string of the molecule is Cc1ccc(S(=O)(=O)N2CCC[C@@H](C(=O)N3CCOCC3)C2)cc1. The number of piperidine rings is 1. The van der Waals surface area contributed by atoms with Crippen LogP contribution in [0, 0.1) is 12.8 Å². The largest absolute Gasteiger partial charge is 0.378 e. The molecule has 0 unspecified atom stereocenters. The van der Waals surface area contributed by atoms with E-state index in [9.17, 15) is 13.2 Å². The third-order valence-electron chi connectivity index (χ3n) is 4.71. The fourth-order valence-electron chi connectivity index (χ4n) is 3.26. The Bertz CT molecular complexity index is 681. The number of hydrogen-bond donors (Lipinski definition) is 0. The number of nitrogens with zero attached hydrogens (tertiary/aromatic N) is 2. The summed E-state index contributed by atoms with van der Waals surface area (Å²) in [6, 6.07) is 6.87. The van der Waals surface area contributed by atoms with E-state index < -0.39 is 10.0 Å². The average molecular weight is 352 g/mol. The van der Waals surface area contributed by atoms with Crippen LogP contribution in [0.25, 0.3) is 0 Å². The van der Waals surface area contributed by atoms with E-state index in [1.807, 2.05) is 6.92 Å². The van der Waals surface area contributed by atoms with E-state index in [2.05, 4.69) is 0 Å². The van der Waals surface area contributed by atoms with Gasteiger partial charge in [-0.15, -0.1) is 0 Å². The van der Waals surface area contributed by atoms with Crippen molar-refractivity contribution in [2.24, 2.45) is 5.92 Å². The lowest BCUT2D eigenvalue weighted by Gasteiger charge is -2.35. The van der Waals surface area contributed by atoms with Crippen LogP contribution in [0.3, 0.4) is 0 Å². The van der Waals surface area contributed by atoms with Crippen LogP contribution in [-0.2, 0) is 19.6 Å². The van der Waals surface area contributed by atoms with Gasteiger partial charge in [-0.05, 0) is 31.9 Å². The van der Waals surface area contributed by atoms with Crippen molar-refractivity contribution in [3.8, 4) is 0 Å². The Kier molecular flexibility index (Phi) is 5.22. The summed E-state index contributed by atoms with van der Waals surface area (Å²) in [4.78, 5) is 14.8. The summed E-state index contributed by atoms with van der Waals surface area (Å²) in [5.74, 6) is -0.195. The molecule has 1 atom stereocenters. The van der Waals surface area contributed by atoms with Crippen LogP contribution in [-0.4, -0.2) is 62.9 Å². The quantitative estimate of drug-likeness (QED) is 0.821. The van der Waals surface area contributed by atoms with Crippen molar-refractivity contribution in [2.75, 3.05) is 39.4 Å². The van der Waals surface area contributed by atoms with Gasteiger partial charge in [-0.2, -0.15) is 4.31 Å². The minimum absolute atomic E-state index is 0.0575. The van der Waals surface area contributed by atoms with Crippen LogP contribution in [0.1, 0.15) is 18.4 Å². The summed E-state index contributed by atoms with van der Waals surface area (Å²) in [7, 11) is -3.54. The molecule has 0 spiro atoms. The Labute approximate surface area is 143 Å². The molecule has 1 amide bonds. The molecule has 2 fully saturated rings. The highest BCUT2D eigenvalue weighted by Gasteiger charge is 2.35. The summed E-state index contributed by atoms with van der Waals surface area (Å²) in [6.07, 6.45) is 1.46. The van der Waals surface area contributed by atoms with Gasteiger partial charge in [-0.1, -0.05) is 17.7 Å². The zero-order valence-electron chi connectivity index (χ0n) is 14.0. The Hall–Kier alpha value is -1.44. The van der Waals surface area contributed by atoms with E-state index in [4.69, 9.17) is 4.74 Å². The van der Waals surface area contributed by atoms with Crippen molar-refractivity contribution in [1.82, 2.24) is 9.21 Å². The van der Waals surface area contributed by atoms with Crippen LogP contribution >= 0.6 is 0 Å². The standard InChI is InChI=1S/C17H24N2O4S/c1-14-4-6-16(7-5-14)24(21,22)19-8-2-3-15(13-19)17(20)18-9-11-23-12-10-18/h4-7,15H,2-3,8-13H2,1H3/t15-/m1/s1. The first-order chi connectivity index (χ1) is 11.5. The first-order valence-corrected chi connectivity index (χ1v) is 9.86. The molecule has 0 aromatic heterocycles. The van der Waals surface area contributed by atoms with Crippen LogP contribution in [0.15, 0.2) is 29.2 Å². The van der Waals surface area contributed by atoms with Crippen molar-refractivity contribution in [3.05, 3.63) is 29.8 Å². The Morgan fingerprint density at radius 3 is 2.46 bits per heavy atom. The smallest absolute Gasteiger partial charge is 0.243 e. The number of morpholine rings is 1. The highest BCUT2D eigenvalue weighted by Crippen LogP contribution is 2.25. The van der Waals surface area contributed by atoms with Crippen molar-refractivity contribution in [3.63, 3.8) is 0 Å². The number of sulfonamides is 1. The summed E-state index contributed by atoms with van der Waals surface area (Å²) in [5.41, 5.74) is 1.02. The molecule has 0 aliphatic carbocycles. The molecule has 2 heterocycles. The normalized spacial score (nSPS) is 23.2. The molecule has 2 saturated heterocycles. The van der Waals surface area contributed by atoms with Crippen molar-refractivity contribution < 1.29 is 17.9 Å². The van der Waals surface area contributed by atoms with Gasteiger partial charge in [0.1, 0.15) is 0 Å². The second-order valence-electron chi connectivity index (χ2n) is 6.45. The molecule has 6 nitrogen and oxygen atoms in total. The topological polar surface area (TPSA) is 66.9 Å². The molecule has 24 heavy (non-hydrogen) atoms. The Morgan fingerprint density at radius 2 is 1.79 bits per heavy atom. The number of hydrogen-bond acceptors (Lipinski definition) is 4. The number of carbonyl (C=O) groups excluding carboxylic acids is 1. The van der Waals surface area contributed by atoms with Crippen LogP contribution in [0.2, 0.25) is 0 Å². The second-order valence-corrected chi connectivity index (χ2v) is 8.39. The lowest BCUT2D eigenvalue weighted by atomic mass is 9.98. The summed E-state index contributed by atoms with van der Waals surface area (Å²) in [6.45, 7) is 4.98. The lowest BCUT2D eigenvalue weighted by molar-refractivity contribution is -0.140. The van der Waals surface area contributed by atoms with E-state index >= 15 is 0 Å². The first kappa shape index (κ1) is 17.4. The highest BCUT2D eigenvalue weighted by molar-refractivity contribution is 7.89. The highest BCUT2D eigenvalue weighted by atomic mass is 32.2. The maximum Gasteiger partial charge on any atom is 0.243 e. The monoisotopic (exact) mass is 352 g/mol. The molecule has 0 N–H and O–H groups in total. The predicted molar refractivity (Wildman–Crippen MR) is 90.1 cm³/mol. The average Bonchev–Trinajstić information content (AvgIpc) is 2.62. The first-order valence-electron chi connectivity index (χ1n) is 8.42. The maximum atomic E-state index is 12.8. The molecule has 0 saturated carbocycles. The van der Waals surface area contributed by atoms with Crippen LogP contribution < -0.4 is 0 Å². The van der Waals surface area contributed by atoms with Crippen molar-refractivity contribution in [1.29, 1.82) is 0 Å². The second kappa shape index (κ2) is 7.21. The minimum atomic E-state index is -3.54. The molecule has 3 rings (SSSR count). The molecule has 0 radical (unpaired) electrons. The van der Waals surface area contributed by atoms with E-state index in [0.29, 0.717) is 44.2 Å². The van der Waals surface area contributed by atoms with Crippen LogP contribution in [0.5, 0.6) is 0 Å². The summed E-state index contributed by atoms with van der Waals surface area (Å²) in [5, 5.41) is 0. The van der Waals surface area contributed by atoms with Gasteiger partial charge in [0.2, 0.25) is 15.9 Å². The van der Waals surface area contributed by atoms with Crippen LogP contribution in [0.4, 0.5) is 0 Å². The Balaban J connectivity index is 1.72. The number of rotatable bonds is 3. The molecule has 2 aliphatic heterocycles. The van der Waals surface area contributed by atoms with Crippen molar-refractivity contribution in [2.45, 2.75) is 24.7 Å². The Morgan fingerprint density at radius 1 is 1.12 bits per heavy atom. The number of aryl methyl sites for hydroxylation is 1. The van der Waals surface area contributed by atoms with Gasteiger partial charge in [0.15, 0.2) is 0 Å². The van der Waals surface area contributed by atoms with Gasteiger partial charge in [-0.25, -0.2) is 8.42 Å². The fraction of sp³-hybridized carbons (Fsp3) is 0.588. The molecule has 132 valence electrons. The molecular weight excluding hydrogens is 328 g/mol. The van der Waals surface area contributed by atoms with E-state index in [-0.39, 0.29) is 18.4 Å². The predicted octanol–water partition coefficient (Wildman–Crippen LogP) is 1.25. The van der Waals surface area contributed by atoms with Crippen molar-refractivity contribution >= 4 is 15.9 Å². The molecule has 2 aliphatic rings. The molecule has 1 aromatic carbocycles. The van der Waals surface area contributed by atoms with Gasteiger partial charge in [-0.3, -0.25) is 4.79 Å². The van der Waals surface area contributed by atoms with Gasteiger partial charge in [0.05, 0.1) is 24.0 Å². The lowest BCUT2D eigenvalue weighted by Crippen LogP contribution is -2.49. The fourth-order valence-corrected chi connectivity index (χ4v) is 4.79. The minimum Gasteiger partial charge on any atom is -0.378 e. The van der Waals surface area contributed by atoms with E-state index in [1.54, 1.807) is 29.2 Å². The van der Waals surface area contributed by atoms with Gasteiger partial charge in [0.25, 0.3) is 0 Å². The molecular formula is C17H24N2O4S. The summed E-state index contributed by atoms with van der Waals surface area (Å²) >= 11 is 0. The maximum absolute atomic E-state index is 12.8. The van der Waals surface area contributed by atoms with Gasteiger partial charge < -0.3 is 9.64 Å².